The van der Waals surface area contributed by atoms with Crippen molar-refractivity contribution in [2.45, 2.75) is 43.8 Å². The summed E-state index contributed by atoms with van der Waals surface area (Å²) in [6.07, 6.45) is -1.25. The first-order valence-electron chi connectivity index (χ1n) is 8.26. The molecule has 0 radical (unpaired) electrons. The van der Waals surface area contributed by atoms with Gasteiger partial charge in [0.1, 0.15) is 6.04 Å². The summed E-state index contributed by atoms with van der Waals surface area (Å²) in [4.78, 5) is 18.6. The second-order valence-electron chi connectivity index (χ2n) is 6.47. The van der Waals surface area contributed by atoms with Crippen molar-refractivity contribution in [1.82, 2.24) is 15.0 Å². The summed E-state index contributed by atoms with van der Waals surface area (Å²) in [5, 5.41) is 3.94. The zero-order chi connectivity index (χ0) is 17.6. The van der Waals surface area contributed by atoms with E-state index in [0.29, 0.717) is 37.0 Å². The number of aromatic nitrogens is 2. The number of benzene rings is 1. The van der Waals surface area contributed by atoms with Crippen LogP contribution in [0.25, 0.3) is 0 Å². The third-order valence-electron chi connectivity index (χ3n) is 4.66. The summed E-state index contributed by atoms with van der Waals surface area (Å²) in [5.41, 5.74) is -1.27. The highest BCUT2D eigenvalue weighted by molar-refractivity contribution is 5.96. The molecule has 1 saturated heterocycles. The van der Waals surface area contributed by atoms with Gasteiger partial charge in [-0.1, -0.05) is 17.3 Å². The van der Waals surface area contributed by atoms with Gasteiger partial charge < -0.3 is 9.42 Å². The van der Waals surface area contributed by atoms with Gasteiger partial charge in [0, 0.05) is 12.5 Å². The van der Waals surface area contributed by atoms with Crippen LogP contribution < -0.4 is 0 Å². The smallest absolute Gasteiger partial charge is 0.337 e. The van der Waals surface area contributed by atoms with Crippen LogP contribution in [0, 0.1) is 0 Å². The number of amides is 1. The first kappa shape index (κ1) is 16.1. The van der Waals surface area contributed by atoms with Crippen molar-refractivity contribution >= 4 is 5.91 Å². The SMILES string of the molecule is O=C(c1ccccc1C(F)(F)F)N1CCCC1c1nc(C2CC2)no1. The molecule has 1 amide bonds. The van der Waals surface area contributed by atoms with E-state index in [0.717, 1.165) is 18.9 Å². The van der Waals surface area contributed by atoms with E-state index in [4.69, 9.17) is 4.52 Å². The molecule has 2 fully saturated rings. The number of carbonyl (C=O) groups is 1. The van der Waals surface area contributed by atoms with Gasteiger partial charge in [0.15, 0.2) is 5.82 Å². The lowest BCUT2D eigenvalue weighted by Crippen LogP contribution is -2.32. The van der Waals surface area contributed by atoms with Crippen LogP contribution in [-0.2, 0) is 6.18 Å². The largest absolute Gasteiger partial charge is 0.417 e. The topological polar surface area (TPSA) is 59.2 Å². The Balaban J connectivity index is 1.63. The molecule has 0 spiro atoms. The highest BCUT2D eigenvalue weighted by Gasteiger charge is 2.40. The summed E-state index contributed by atoms with van der Waals surface area (Å²) in [7, 11) is 0. The van der Waals surface area contributed by atoms with Gasteiger partial charge in [-0.05, 0) is 37.8 Å². The van der Waals surface area contributed by atoms with Gasteiger partial charge in [-0.15, -0.1) is 0 Å². The van der Waals surface area contributed by atoms with Crippen LogP contribution in [0.2, 0.25) is 0 Å². The maximum atomic E-state index is 13.2. The number of nitrogens with zero attached hydrogens (tertiary/aromatic N) is 3. The summed E-state index contributed by atoms with van der Waals surface area (Å²) in [6, 6.07) is 4.39. The van der Waals surface area contributed by atoms with Crippen molar-refractivity contribution in [2.75, 3.05) is 6.54 Å². The van der Waals surface area contributed by atoms with Crippen LogP contribution in [0.5, 0.6) is 0 Å². The van der Waals surface area contributed by atoms with Gasteiger partial charge >= 0.3 is 6.18 Å². The van der Waals surface area contributed by atoms with E-state index in [9.17, 15) is 18.0 Å². The molecule has 1 aromatic heterocycles. The molecule has 25 heavy (non-hydrogen) atoms. The standard InChI is InChI=1S/C17H16F3N3O2/c18-17(19,20)12-5-2-1-4-11(12)16(24)23-9-3-6-13(23)15-21-14(22-25-15)10-7-8-10/h1-2,4-5,10,13H,3,6-9H2. The molecule has 1 saturated carbocycles. The Morgan fingerprint density at radius 1 is 1.20 bits per heavy atom. The minimum absolute atomic E-state index is 0.314. The van der Waals surface area contributed by atoms with Crippen molar-refractivity contribution in [2.24, 2.45) is 0 Å². The summed E-state index contributed by atoms with van der Waals surface area (Å²) in [5.74, 6) is 0.609. The molecule has 2 aromatic rings. The first-order valence-corrected chi connectivity index (χ1v) is 8.26. The van der Waals surface area contributed by atoms with E-state index < -0.39 is 23.7 Å². The molecule has 132 valence electrons. The number of hydrogen-bond acceptors (Lipinski definition) is 4. The van der Waals surface area contributed by atoms with Gasteiger partial charge in [-0.3, -0.25) is 4.79 Å². The predicted molar refractivity (Wildman–Crippen MR) is 80.7 cm³/mol. The second-order valence-corrected chi connectivity index (χ2v) is 6.47. The lowest BCUT2D eigenvalue weighted by molar-refractivity contribution is -0.138. The Hall–Kier alpha value is -2.38. The number of rotatable bonds is 3. The molecule has 1 aliphatic heterocycles. The van der Waals surface area contributed by atoms with Crippen LogP contribution in [0.4, 0.5) is 13.2 Å². The molecule has 2 heterocycles. The molecule has 0 bridgehead atoms. The first-order chi connectivity index (χ1) is 11.9. The Bertz CT molecular complexity index is 798. The molecular weight excluding hydrogens is 335 g/mol. The van der Waals surface area contributed by atoms with E-state index in [2.05, 4.69) is 10.1 Å². The maximum Gasteiger partial charge on any atom is 0.417 e. The fourth-order valence-electron chi connectivity index (χ4n) is 3.23. The number of likely N-dealkylation sites (tertiary alicyclic amines) is 1. The molecule has 1 aromatic carbocycles. The van der Waals surface area contributed by atoms with Gasteiger partial charge in [0.2, 0.25) is 5.89 Å². The van der Waals surface area contributed by atoms with Crippen molar-refractivity contribution in [3.8, 4) is 0 Å². The summed E-state index contributed by atoms with van der Waals surface area (Å²) in [6.45, 7) is 0.372. The molecule has 1 atom stereocenters. The van der Waals surface area contributed by atoms with Crippen LogP contribution in [0.15, 0.2) is 28.8 Å². The lowest BCUT2D eigenvalue weighted by Gasteiger charge is -2.23. The third-order valence-corrected chi connectivity index (χ3v) is 4.66. The van der Waals surface area contributed by atoms with Gasteiger partial charge in [-0.25, -0.2) is 0 Å². The maximum absolute atomic E-state index is 13.2. The average molecular weight is 351 g/mol. The van der Waals surface area contributed by atoms with Crippen LogP contribution in [0.3, 0.4) is 0 Å². The molecule has 1 unspecified atom stereocenters. The molecular formula is C17H16F3N3O2. The Labute approximate surface area is 141 Å². The highest BCUT2D eigenvalue weighted by atomic mass is 19.4. The predicted octanol–water partition coefficient (Wildman–Crippen LogP) is 3.94. The van der Waals surface area contributed by atoms with E-state index in [1.807, 2.05) is 0 Å². The molecule has 0 N–H and O–H groups in total. The minimum Gasteiger partial charge on any atom is -0.337 e. The van der Waals surface area contributed by atoms with Crippen LogP contribution >= 0.6 is 0 Å². The summed E-state index contributed by atoms with van der Waals surface area (Å²) >= 11 is 0. The van der Waals surface area contributed by atoms with E-state index in [1.54, 1.807) is 0 Å². The molecule has 4 rings (SSSR count). The van der Waals surface area contributed by atoms with Crippen molar-refractivity contribution < 1.29 is 22.5 Å². The van der Waals surface area contributed by atoms with Gasteiger partial charge in [0.05, 0.1) is 11.1 Å². The number of carbonyl (C=O) groups excluding carboxylic acids is 1. The fourth-order valence-corrected chi connectivity index (χ4v) is 3.23. The zero-order valence-electron chi connectivity index (χ0n) is 13.3. The normalized spacial score (nSPS) is 20.9. The van der Waals surface area contributed by atoms with Crippen LogP contribution in [-0.4, -0.2) is 27.5 Å². The second kappa shape index (κ2) is 5.86. The Morgan fingerprint density at radius 3 is 2.68 bits per heavy atom. The number of alkyl halides is 3. The van der Waals surface area contributed by atoms with E-state index in [1.165, 1.54) is 23.1 Å². The lowest BCUT2D eigenvalue weighted by atomic mass is 10.1. The highest BCUT2D eigenvalue weighted by Crippen LogP contribution is 2.40. The number of hydrogen-bond donors (Lipinski definition) is 0. The third kappa shape index (κ3) is 3.01. The fraction of sp³-hybridized carbons (Fsp3) is 0.471. The molecule has 8 heteroatoms. The average Bonchev–Trinajstić information content (AvgIpc) is 3.12. The zero-order valence-corrected chi connectivity index (χ0v) is 13.3. The minimum atomic E-state index is -4.58. The van der Waals surface area contributed by atoms with Gasteiger partial charge in [0.25, 0.3) is 5.91 Å². The Morgan fingerprint density at radius 2 is 1.96 bits per heavy atom. The molecule has 2 aliphatic rings. The van der Waals surface area contributed by atoms with Crippen LogP contribution in [0.1, 0.15) is 65.3 Å². The van der Waals surface area contributed by atoms with Crippen molar-refractivity contribution in [3.05, 3.63) is 47.1 Å². The monoisotopic (exact) mass is 351 g/mol. The molecule has 5 nitrogen and oxygen atoms in total. The van der Waals surface area contributed by atoms with Crippen molar-refractivity contribution in [1.29, 1.82) is 0 Å². The Kier molecular flexibility index (Phi) is 3.77. The van der Waals surface area contributed by atoms with E-state index >= 15 is 0 Å². The number of halogens is 3. The molecule has 1 aliphatic carbocycles. The van der Waals surface area contributed by atoms with E-state index in [-0.39, 0.29) is 5.56 Å². The summed E-state index contributed by atoms with van der Waals surface area (Å²) < 4.78 is 44.9. The quantitative estimate of drug-likeness (QED) is 0.840. The van der Waals surface area contributed by atoms with Crippen molar-refractivity contribution in [3.63, 3.8) is 0 Å². The van der Waals surface area contributed by atoms with Gasteiger partial charge in [-0.2, -0.15) is 18.2 Å².